The van der Waals surface area contributed by atoms with Gasteiger partial charge < -0.3 is 9.84 Å². The summed E-state index contributed by atoms with van der Waals surface area (Å²) in [4.78, 5) is 0.418. The van der Waals surface area contributed by atoms with Gasteiger partial charge in [-0.3, -0.25) is 0 Å². The predicted molar refractivity (Wildman–Crippen MR) is 80.6 cm³/mol. The molecule has 0 aromatic heterocycles. The minimum atomic E-state index is -3.61. The molecule has 2 aromatic rings. The first-order valence-corrected chi connectivity index (χ1v) is 8.12. The molecule has 2 aromatic carbocycles. The zero-order valence-corrected chi connectivity index (χ0v) is 13.1. The van der Waals surface area contributed by atoms with E-state index in [0.717, 1.165) is 0 Å². The normalized spacial score (nSPS) is 11.4. The van der Waals surface area contributed by atoms with Gasteiger partial charge in [-0.25, -0.2) is 8.42 Å². The van der Waals surface area contributed by atoms with Gasteiger partial charge >= 0.3 is 0 Å². The summed E-state index contributed by atoms with van der Waals surface area (Å²) in [6.07, 6.45) is 0. The van der Waals surface area contributed by atoms with Crippen LogP contribution in [0.25, 0.3) is 0 Å². The lowest BCUT2D eigenvalue weighted by molar-refractivity contribution is 0.339. The molecule has 0 spiro atoms. The number of aromatic hydroxyl groups is 1. The molecular formula is C16H18O4S. The number of hydrogen-bond donors (Lipinski definition) is 1. The van der Waals surface area contributed by atoms with Crippen molar-refractivity contribution in [2.75, 3.05) is 6.61 Å². The van der Waals surface area contributed by atoms with Crippen LogP contribution in [0.15, 0.2) is 46.2 Å². The van der Waals surface area contributed by atoms with Crippen LogP contribution in [-0.2, 0) is 9.84 Å². The molecule has 0 unspecified atom stereocenters. The van der Waals surface area contributed by atoms with Crippen molar-refractivity contribution < 1.29 is 18.3 Å². The summed E-state index contributed by atoms with van der Waals surface area (Å²) in [6, 6.07) is 9.19. The molecule has 112 valence electrons. The number of hydrogen-bond acceptors (Lipinski definition) is 4. The monoisotopic (exact) mass is 306 g/mol. The fourth-order valence-corrected chi connectivity index (χ4v) is 3.66. The highest BCUT2D eigenvalue weighted by Crippen LogP contribution is 2.29. The van der Waals surface area contributed by atoms with E-state index < -0.39 is 9.84 Å². The van der Waals surface area contributed by atoms with Gasteiger partial charge in [0.2, 0.25) is 9.84 Å². The fraction of sp³-hybridized carbons (Fsp3) is 0.250. The smallest absolute Gasteiger partial charge is 0.206 e. The molecule has 1 N–H and O–H groups in total. The molecule has 0 amide bonds. The third kappa shape index (κ3) is 3.03. The maximum absolute atomic E-state index is 12.7. The van der Waals surface area contributed by atoms with Gasteiger partial charge in [0.05, 0.1) is 16.4 Å². The van der Waals surface area contributed by atoms with Crippen LogP contribution in [0.5, 0.6) is 11.5 Å². The van der Waals surface area contributed by atoms with Gasteiger partial charge in [0.1, 0.15) is 11.5 Å². The Bertz CT molecular complexity index is 764. The molecule has 4 nitrogen and oxygen atoms in total. The highest BCUT2D eigenvalue weighted by molar-refractivity contribution is 7.91. The number of ether oxygens (including phenoxy) is 1. The van der Waals surface area contributed by atoms with Crippen LogP contribution in [0.3, 0.4) is 0 Å². The lowest BCUT2D eigenvalue weighted by Gasteiger charge is -2.11. The molecule has 0 atom stereocenters. The van der Waals surface area contributed by atoms with Gasteiger partial charge in [0.15, 0.2) is 0 Å². The Morgan fingerprint density at radius 3 is 2.33 bits per heavy atom. The van der Waals surface area contributed by atoms with Gasteiger partial charge in [-0.05, 0) is 68.3 Å². The average molecular weight is 306 g/mol. The lowest BCUT2D eigenvalue weighted by Crippen LogP contribution is -2.05. The van der Waals surface area contributed by atoms with E-state index in [1.807, 2.05) is 6.92 Å². The Kier molecular flexibility index (Phi) is 4.23. The SMILES string of the molecule is CCOc1ccc(S(=O)(=O)c2ccc(O)c(C)c2)c(C)c1. The number of phenolic OH excluding ortho intramolecular Hbond substituents is 1. The summed E-state index contributed by atoms with van der Waals surface area (Å²) in [5.74, 6) is 0.730. The van der Waals surface area contributed by atoms with Crippen molar-refractivity contribution in [3.63, 3.8) is 0 Å². The molecule has 2 rings (SSSR count). The molecule has 0 radical (unpaired) electrons. The van der Waals surface area contributed by atoms with Crippen LogP contribution in [0, 0.1) is 13.8 Å². The number of rotatable bonds is 4. The van der Waals surface area contributed by atoms with Gasteiger partial charge in [0, 0.05) is 0 Å². The Hall–Kier alpha value is -2.01. The summed E-state index contributed by atoms with van der Waals surface area (Å²) in [5.41, 5.74) is 1.16. The van der Waals surface area contributed by atoms with Crippen LogP contribution in [-0.4, -0.2) is 20.1 Å². The molecule has 0 fully saturated rings. The second kappa shape index (κ2) is 5.77. The summed E-state index contributed by atoms with van der Waals surface area (Å²) in [6.45, 7) is 5.81. The van der Waals surface area contributed by atoms with Crippen molar-refractivity contribution in [2.24, 2.45) is 0 Å². The van der Waals surface area contributed by atoms with E-state index in [-0.39, 0.29) is 15.5 Å². The van der Waals surface area contributed by atoms with Crippen molar-refractivity contribution in [2.45, 2.75) is 30.6 Å². The fourth-order valence-electron chi connectivity index (χ4n) is 2.10. The lowest BCUT2D eigenvalue weighted by atomic mass is 10.2. The second-order valence-corrected chi connectivity index (χ2v) is 6.73. The number of benzene rings is 2. The van der Waals surface area contributed by atoms with E-state index >= 15 is 0 Å². The van der Waals surface area contributed by atoms with E-state index in [1.54, 1.807) is 32.0 Å². The molecule has 0 aliphatic carbocycles. The zero-order chi connectivity index (χ0) is 15.6. The summed E-state index contributed by atoms with van der Waals surface area (Å²) >= 11 is 0. The van der Waals surface area contributed by atoms with E-state index in [0.29, 0.717) is 23.5 Å². The minimum absolute atomic E-state index is 0.0809. The van der Waals surface area contributed by atoms with Gasteiger partial charge in [-0.2, -0.15) is 0 Å². The molecule has 0 saturated heterocycles. The van der Waals surface area contributed by atoms with Crippen molar-refractivity contribution in [1.82, 2.24) is 0 Å². The molecular weight excluding hydrogens is 288 g/mol. The van der Waals surface area contributed by atoms with Gasteiger partial charge in [-0.1, -0.05) is 0 Å². The molecule has 0 bridgehead atoms. The van der Waals surface area contributed by atoms with Crippen molar-refractivity contribution in [3.8, 4) is 11.5 Å². The Balaban J connectivity index is 2.51. The van der Waals surface area contributed by atoms with Crippen molar-refractivity contribution >= 4 is 9.84 Å². The Morgan fingerprint density at radius 2 is 1.76 bits per heavy atom. The van der Waals surface area contributed by atoms with E-state index in [4.69, 9.17) is 4.74 Å². The van der Waals surface area contributed by atoms with Crippen LogP contribution >= 0.6 is 0 Å². The third-order valence-electron chi connectivity index (χ3n) is 3.23. The average Bonchev–Trinajstić information content (AvgIpc) is 2.42. The maximum atomic E-state index is 12.7. The van der Waals surface area contributed by atoms with Gasteiger partial charge in [-0.15, -0.1) is 0 Å². The Morgan fingerprint density at radius 1 is 1.05 bits per heavy atom. The standard InChI is InChI=1S/C16H18O4S/c1-4-20-13-5-8-16(12(3)9-13)21(18,19)14-6-7-15(17)11(2)10-14/h5-10,17H,4H2,1-3H3. The van der Waals surface area contributed by atoms with Crippen LogP contribution < -0.4 is 4.74 Å². The number of sulfone groups is 1. The van der Waals surface area contributed by atoms with Crippen molar-refractivity contribution in [1.29, 1.82) is 0 Å². The van der Waals surface area contributed by atoms with Crippen LogP contribution in [0.4, 0.5) is 0 Å². The maximum Gasteiger partial charge on any atom is 0.206 e. The first-order chi connectivity index (χ1) is 9.86. The molecule has 0 aliphatic heterocycles. The largest absolute Gasteiger partial charge is 0.508 e. The van der Waals surface area contributed by atoms with Gasteiger partial charge in [0.25, 0.3) is 0 Å². The minimum Gasteiger partial charge on any atom is -0.508 e. The quantitative estimate of drug-likeness (QED) is 0.942. The topological polar surface area (TPSA) is 63.6 Å². The Labute approximate surface area is 124 Å². The predicted octanol–water partition coefficient (Wildman–Crippen LogP) is 3.24. The first-order valence-electron chi connectivity index (χ1n) is 6.64. The summed E-state index contributed by atoms with van der Waals surface area (Å²) in [5, 5.41) is 9.52. The molecule has 21 heavy (non-hydrogen) atoms. The zero-order valence-electron chi connectivity index (χ0n) is 12.3. The van der Waals surface area contributed by atoms with Crippen LogP contribution in [0.1, 0.15) is 18.1 Å². The second-order valence-electron chi connectivity index (χ2n) is 4.81. The number of aryl methyl sites for hydroxylation is 2. The molecule has 5 heteroatoms. The molecule has 0 saturated carbocycles. The first kappa shape index (κ1) is 15.4. The van der Waals surface area contributed by atoms with Crippen molar-refractivity contribution in [3.05, 3.63) is 47.5 Å². The van der Waals surface area contributed by atoms with E-state index in [9.17, 15) is 13.5 Å². The number of phenols is 1. The van der Waals surface area contributed by atoms with Crippen LogP contribution in [0.2, 0.25) is 0 Å². The van der Waals surface area contributed by atoms with E-state index in [2.05, 4.69) is 0 Å². The molecule has 0 aliphatic rings. The highest BCUT2D eigenvalue weighted by Gasteiger charge is 2.21. The molecule has 0 heterocycles. The highest BCUT2D eigenvalue weighted by atomic mass is 32.2. The third-order valence-corrected chi connectivity index (χ3v) is 5.14. The van der Waals surface area contributed by atoms with E-state index in [1.165, 1.54) is 18.2 Å². The summed E-state index contributed by atoms with van der Waals surface area (Å²) < 4.78 is 30.7. The summed E-state index contributed by atoms with van der Waals surface area (Å²) in [7, 11) is -3.61.